The molecule has 0 aliphatic carbocycles. The van der Waals surface area contributed by atoms with Gasteiger partial charge < -0.3 is 20.4 Å². The molecule has 0 unspecified atom stereocenters. The second-order valence-corrected chi connectivity index (χ2v) is 2.41. The van der Waals surface area contributed by atoms with Gasteiger partial charge in [-0.05, 0) is 0 Å². The summed E-state index contributed by atoms with van der Waals surface area (Å²) < 4.78 is 0. The van der Waals surface area contributed by atoms with E-state index in [1.54, 1.807) is 0 Å². The molecule has 0 amide bonds. The summed E-state index contributed by atoms with van der Waals surface area (Å²) >= 11 is 3.66. The van der Waals surface area contributed by atoms with Crippen LogP contribution in [0, 0.1) is 0 Å². The van der Waals surface area contributed by atoms with Crippen LogP contribution in [0.5, 0.6) is 23.0 Å². The zero-order valence-electron chi connectivity index (χ0n) is 5.31. The van der Waals surface area contributed by atoms with Gasteiger partial charge >= 0.3 is 0 Å². The van der Waals surface area contributed by atoms with E-state index in [-0.39, 0.29) is 10.6 Å². The second-order valence-electron chi connectivity index (χ2n) is 1.96. The fourth-order valence-electron chi connectivity index (χ4n) is 0.621. The van der Waals surface area contributed by atoms with Crippen LogP contribution < -0.4 is 0 Å². The van der Waals surface area contributed by atoms with Gasteiger partial charge in [0.05, 0.1) is 4.90 Å². The number of hydrogen-bond acceptors (Lipinski definition) is 5. The van der Waals surface area contributed by atoms with Crippen LogP contribution in [0.25, 0.3) is 0 Å². The van der Waals surface area contributed by atoms with Crippen LogP contribution in [0.2, 0.25) is 0 Å². The lowest BCUT2D eigenvalue weighted by Gasteiger charge is -2.04. The van der Waals surface area contributed by atoms with E-state index in [4.69, 9.17) is 20.4 Å². The smallest absolute Gasteiger partial charge is 0.201 e. The summed E-state index contributed by atoms with van der Waals surface area (Å²) in [5.74, 6) is -2.29. The Morgan fingerprint density at radius 3 is 2.00 bits per heavy atom. The lowest BCUT2D eigenvalue weighted by atomic mass is 10.3. The third-order valence-electron chi connectivity index (χ3n) is 1.21. The first-order valence-corrected chi connectivity index (χ1v) is 3.14. The monoisotopic (exact) mass is 174 g/mol. The summed E-state index contributed by atoms with van der Waals surface area (Å²) in [6, 6.07) is 0.886. The molecule has 4 nitrogen and oxygen atoms in total. The van der Waals surface area contributed by atoms with Gasteiger partial charge in [-0.2, -0.15) is 0 Å². The van der Waals surface area contributed by atoms with Crippen molar-refractivity contribution in [2.24, 2.45) is 0 Å². The second kappa shape index (κ2) is 2.43. The summed E-state index contributed by atoms with van der Waals surface area (Å²) in [4.78, 5) is -0.166. The lowest BCUT2D eigenvalue weighted by Crippen LogP contribution is -1.75. The molecule has 11 heavy (non-hydrogen) atoms. The number of phenols is 4. The Bertz CT molecular complexity index is 271. The van der Waals surface area contributed by atoms with E-state index in [0.717, 1.165) is 6.07 Å². The number of thiol groups is 1. The van der Waals surface area contributed by atoms with Gasteiger partial charge in [0.1, 0.15) is 5.75 Å². The van der Waals surface area contributed by atoms with E-state index in [1.165, 1.54) is 0 Å². The highest BCUT2D eigenvalue weighted by molar-refractivity contribution is 7.80. The summed E-state index contributed by atoms with van der Waals surface area (Å²) in [5.41, 5.74) is 0. The van der Waals surface area contributed by atoms with E-state index in [1.807, 2.05) is 0 Å². The molecule has 0 heterocycles. The largest absolute Gasteiger partial charge is 0.506 e. The first-order chi connectivity index (χ1) is 5.04. The zero-order chi connectivity index (χ0) is 8.59. The van der Waals surface area contributed by atoms with Crippen LogP contribution in [-0.4, -0.2) is 20.4 Å². The predicted octanol–water partition coefficient (Wildman–Crippen LogP) is 0.798. The van der Waals surface area contributed by atoms with Crippen molar-refractivity contribution in [3.05, 3.63) is 6.07 Å². The predicted molar refractivity (Wildman–Crippen MR) is 40.4 cm³/mol. The van der Waals surface area contributed by atoms with Crippen molar-refractivity contribution in [3.8, 4) is 23.0 Å². The Balaban J connectivity index is 3.46. The average Bonchev–Trinajstić information content (AvgIpc) is 1.97. The Hall–Kier alpha value is -1.23. The molecular formula is C6H6O4S. The van der Waals surface area contributed by atoms with E-state index >= 15 is 0 Å². The first kappa shape index (κ1) is 7.87. The normalized spacial score (nSPS) is 9.91. The van der Waals surface area contributed by atoms with Gasteiger partial charge in [0.15, 0.2) is 11.5 Å². The van der Waals surface area contributed by atoms with E-state index in [2.05, 4.69) is 12.6 Å². The molecule has 60 valence electrons. The highest BCUT2D eigenvalue weighted by atomic mass is 32.1. The molecule has 0 aliphatic rings. The quantitative estimate of drug-likeness (QED) is 0.229. The lowest BCUT2D eigenvalue weighted by molar-refractivity contribution is 0.351. The Labute approximate surface area is 67.8 Å². The minimum absolute atomic E-state index is 0.166. The molecule has 1 aromatic carbocycles. The molecule has 0 saturated heterocycles. The van der Waals surface area contributed by atoms with Gasteiger partial charge in [-0.3, -0.25) is 0 Å². The maximum absolute atomic E-state index is 8.92. The molecule has 0 spiro atoms. The maximum atomic E-state index is 8.92. The van der Waals surface area contributed by atoms with Crippen LogP contribution >= 0.6 is 12.6 Å². The van der Waals surface area contributed by atoms with E-state index in [0.29, 0.717) is 0 Å². The van der Waals surface area contributed by atoms with Crippen molar-refractivity contribution >= 4 is 12.6 Å². The number of hydrogen-bond donors (Lipinski definition) is 5. The highest BCUT2D eigenvalue weighted by Crippen LogP contribution is 2.44. The zero-order valence-corrected chi connectivity index (χ0v) is 6.21. The minimum Gasteiger partial charge on any atom is -0.506 e. The van der Waals surface area contributed by atoms with Crippen molar-refractivity contribution in [3.63, 3.8) is 0 Å². The molecule has 5 heteroatoms. The first-order valence-electron chi connectivity index (χ1n) is 2.70. The molecule has 0 bridgehead atoms. The standard InChI is InChI=1S/C6H6O4S/c7-2-1-3(8)6(11)5(10)4(2)9/h1,7-11H. The fraction of sp³-hybridized carbons (Fsp3) is 0. The van der Waals surface area contributed by atoms with Crippen molar-refractivity contribution in [2.45, 2.75) is 4.90 Å². The minimum atomic E-state index is -0.687. The van der Waals surface area contributed by atoms with Gasteiger partial charge in [0.25, 0.3) is 0 Å². The summed E-state index contributed by atoms with van der Waals surface area (Å²) in [5, 5.41) is 35.5. The molecule has 1 aromatic rings. The summed E-state index contributed by atoms with van der Waals surface area (Å²) in [6.45, 7) is 0. The van der Waals surface area contributed by atoms with E-state index < -0.39 is 17.2 Å². The molecule has 1 rings (SSSR count). The molecule has 0 aliphatic heterocycles. The molecule has 0 aromatic heterocycles. The van der Waals surface area contributed by atoms with Crippen LogP contribution in [-0.2, 0) is 0 Å². The molecule has 0 atom stereocenters. The third kappa shape index (κ3) is 1.14. The van der Waals surface area contributed by atoms with Crippen LogP contribution in [0.3, 0.4) is 0 Å². The van der Waals surface area contributed by atoms with Crippen molar-refractivity contribution in [2.75, 3.05) is 0 Å². The van der Waals surface area contributed by atoms with Gasteiger partial charge in [-0.15, -0.1) is 12.6 Å². The van der Waals surface area contributed by atoms with Gasteiger partial charge in [0.2, 0.25) is 5.75 Å². The third-order valence-corrected chi connectivity index (χ3v) is 1.65. The number of aromatic hydroxyl groups is 4. The molecule has 0 saturated carbocycles. The fourth-order valence-corrected chi connectivity index (χ4v) is 0.791. The van der Waals surface area contributed by atoms with Gasteiger partial charge in [-0.25, -0.2) is 0 Å². The van der Waals surface area contributed by atoms with Crippen LogP contribution in [0.15, 0.2) is 11.0 Å². The molecule has 0 fully saturated rings. The highest BCUT2D eigenvalue weighted by Gasteiger charge is 2.12. The van der Waals surface area contributed by atoms with E-state index in [9.17, 15) is 0 Å². The van der Waals surface area contributed by atoms with Gasteiger partial charge in [-0.1, -0.05) is 0 Å². The van der Waals surface area contributed by atoms with Crippen molar-refractivity contribution < 1.29 is 20.4 Å². The summed E-state index contributed by atoms with van der Waals surface area (Å²) in [7, 11) is 0. The SMILES string of the molecule is Oc1cc(O)c(S)c(O)c1O. The average molecular weight is 174 g/mol. The van der Waals surface area contributed by atoms with Crippen LogP contribution in [0.4, 0.5) is 0 Å². The Morgan fingerprint density at radius 1 is 0.909 bits per heavy atom. The summed E-state index contributed by atoms with van der Waals surface area (Å²) in [6.07, 6.45) is 0. The Morgan fingerprint density at radius 2 is 1.45 bits per heavy atom. The molecular weight excluding hydrogens is 168 g/mol. The molecule has 4 N–H and O–H groups in total. The van der Waals surface area contributed by atoms with Crippen molar-refractivity contribution in [1.29, 1.82) is 0 Å². The number of benzene rings is 1. The molecule has 0 radical (unpaired) electrons. The van der Waals surface area contributed by atoms with Crippen LogP contribution in [0.1, 0.15) is 0 Å². The Kier molecular flexibility index (Phi) is 1.74. The topological polar surface area (TPSA) is 80.9 Å². The number of rotatable bonds is 0. The maximum Gasteiger partial charge on any atom is 0.201 e. The van der Waals surface area contributed by atoms with Gasteiger partial charge in [0, 0.05) is 6.07 Å². The number of phenolic OH excluding ortho intramolecular Hbond substituents is 4. The van der Waals surface area contributed by atoms with Crippen molar-refractivity contribution in [1.82, 2.24) is 0 Å².